The summed E-state index contributed by atoms with van der Waals surface area (Å²) < 4.78 is 0. The van der Waals surface area contributed by atoms with Crippen LogP contribution in [0.15, 0.2) is 24.3 Å². The van der Waals surface area contributed by atoms with Gasteiger partial charge in [-0.05, 0) is 61.4 Å². The van der Waals surface area contributed by atoms with E-state index < -0.39 is 0 Å². The molecule has 1 heterocycles. The Bertz CT molecular complexity index is 648. The van der Waals surface area contributed by atoms with Crippen LogP contribution in [0.5, 0.6) is 0 Å². The maximum atomic E-state index is 12.5. The lowest BCUT2D eigenvalue weighted by atomic mass is 10.1. The van der Waals surface area contributed by atoms with Crippen molar-refractivity contribution in [2.45, 2.75) is 45.4 Å². The molecular formula is C18H19ClOS. The molecule has 0 unspecified atom stereocenters. The maximum absolute atomic E-state index is 12.5. The number of benzene rings is 1. The Morgan fingerprint density at radius 1 is 1.19 bits per heavy atom. The van der Waals surface area contributed by atoms with E-state index in [1.165, 1.54) is 29.7 Å². The highest BCUT2D eigenvalue weighted by molar-refractivity contribution is 7.14. The number of carbonyl (C=O) groups excluding carboxylic acids is 1. The minimum Gasteiger partial charge on any atom is -0.293 e. The van der Waals surface area contributed by atoms with Crippen LogP contribution in [0.1, 0.15) is 50.5 Å². The molecule has 1 aliphatic carbocycles. The first-order chi connectivity index (χ1) is 10.1. The molecule has 0 aliphatic heterocycles. The van der Waals surface area contributed by atoms with Crippen LogP contribution in [0.3, 0.4) is 0 Å². The number of fused-ring (bicyclic) bond motifs is 1. The number of rotatable bonds is 3. The fraction of sp³-hybridized carbons (Fsp3) is 0.389. The molecule has 3 rings (SSSR count). The summed E-state index contributed by atoms with van der Waals surface area (Å²) in [5.41, 5.74) is 3.45. The number of thiophene rings is 1. The van der Waals surface area contributed by atoms with E-state index in [-0.39, 0.29) is 5.78 Å². The third kappa shape index (κ3) is 3.38. The van der Waals surface area contributed by atoms with Crippen LogP contribution in [-0.4, -0.2) is 5.78 Å². The first-order valence-corrected chi connectivity index (χ1v) is 8.73. The van der Waals surface area contributed by atoms with Gasteiger partial charge in [-0.3, -0.25) is 4.79 Å². The normalized spacial score (nSPS) is 14.6. The Kier molecular flexibility index (Phi) is 4.46. The van der Waals surface area contributed by atoms with Crippen molar-refractivity contribution in [3.63, 3.8) is 0 Å². The van der Waals surface area contributed by atoms with Crippen LogP contribution in [0, 0.1) is 6.92 Å². The molecule has 21 heavy (non-hydrogen) atoms. The van der Waals surface area contributed by atoms with Crippen molar-refractivity contribution >= 4 is 28.7 Å². The van der Waals surface area contributed by atoms with Crippen molar-refractivity contribution in [3.8, 4) is 0 Å². The average molecular weight is 319 g/mol. The molecule has 1 aromatic heterocycles. The van der Waals surface area contributed by atoms with E-state index in [9.17, 15) is 4.79 Å². The Morgan fingerprint density at radius 2 is 2.00 bits per heavy atom. The standard InChI is InChI=1S/C18H19ClOS/c1-12-7-8-13(15(19)9-12)10-16(20)18-11-14-5-3-2-4-6-17(14)21-18/h7-9,11H,2-6,10H2,1H3. The fourth-order valence-electron chi connectivity index (χ4n) is 2.86. The molecule has 0 amide bonds. The second kappa shape index (κ2) is 6.33. The summed E-state index contributed by atoms with van der Waals surface area (Å²) in [6.07, 6.45) is 6.48. The Hall–Kier alpha value is -1.12. The summed E-state index contributed by atoms with van der Waals surface area (Å²) in [6.45, 7) is 2.01. The number of hydrogen-bond donors (Lipinski definition) is 0. The molecule has 0 atom stereocenters. The summed E-state index contributed by atoms with van der Waals surface area (Å²) in [4.78, 5) is 14.8. The van der Waals surface area contributed by atoms with E-state index in [0.717, 1.165) is 28.8 Å². The number of carbonyl (C=O) groups is 1. The van der Waals surface area contributed by atoms with Gasteiger partial charge in [0, 0.05) is 16.3 Å². The van der Waals surface area contributed by atoms with E-state index in [1.54, 1.807) is 11.3 Å². The Balaban J connectivity index is 1.79. The summed E-state index contributed by atoms with van der Waals surface area (Å²) in [6, 6.07) is 8.02. The molecule has 0 saturated heterocycles. The summed E-state index contributed by atoms with van der Waals surface area (Å²) in [5, 5.41) is 0.696. The molecule has 0 spiro atoms. The van der Waals surface area contributed by atoms with Gasteiger partial charge in [-0.25, -0.2) is 0 Å². The smallest absolute Gasteiger partial charge is 0.177 e. The van der Waals surface area contributed by atoms with Gasteiger partial charge in [0.25, 0.3) is 0 Å². The lowest BCUT2D eigenvalue weighted by Gasteiger charge is -2.03. The minimum atomic E-state index is 0.193. The van der Waals surface area contributed by atoms with Crippen LogP contribution >= 0.6 is 22.9 Å². The summed E-state index contributed by atoms with van der Waals surface area (Å²) >= 11 is 7.93. The van der Waals surface area contributed by atoms with Crippen LogP contribution in [0.25, 0.3) is 0 Å². The monoisotopic (exact) mass is 318 g/mol. The Labute approximate surface area is 135 Å². The second-order valence-electron chi connectivity index (χ2n) is 5.81. The van der Waals surface area contributed by atoms with Gasteiger partial charge in [0.15, 0.2) is 5.78 Å². The molecule has 0 radical (unpaired) electrons. The third-order valence-corrected chi connectivity index (χ3v) is 5.71. The van der Waals surface area contributed by atoms with Gasteiger partial charge in [0.05, 0.1) is 4.88 Å². The fourth-order valence-corrected chi connectivity index (χ4v) is 4.35. The van der Waals surface area contributed by atoms with Gasteiger partial charge < -0.3 is 0 Å². The quantitative estimate of drug-likeness (QED) is 0.546. The van der Waals surface area contributed by atoms with Crippen LogP contribution in [0.4, 0.5) is 0 Å². The molecule has 110 valence electrons. The molecule has 1 aliphatic rings. The SMILES string of the molecule is Cc1ccc(CC(=O)c2cc3c(s2)CCCCC3)c(Cl)c1. The molecule has 0 saturated carbocycles. The van der Waals surface area contributed by atoms with Crippen LogP contribution in [-0.2, 0) is 19.3 Å². The van der Waals surface area contributed by atoms with Crippen LogP contribution in [0.2, 0.25) is 5.02 Å². The molecule has 0 N–H and O–H groups in total. The second-order valence-corrected chi connectivity index (χ2v) is 7.36. The zero-order valence-electron chi connectivity index (χ0n) is 12.2. The maximum Gasteiger partial charge on any atom is 0.177 e. The van der Waals surface area contributed by atoms with Gasteiger partial charge in [-0.15, -0.1) is 11.3 Å². The lowest BCUT2D eigenvalue weighted by Crippen LogP contribution is -2.02. The van der Waals surface area contributed by atoms with Crippen molar-refractivity contribution in [2.24, 2.45) is 0 Å². The molecule has 0 fully saturated rings. The highest BCUT2D eigenvalue weighted by atomic mass is 35.5. The van der Waals surface area contributed by atoms with Gasteiger partial charge in [-0.1, -0.05) is 30.2 Å². The van der Waals surface area contributed by atoms with Crippen molar-refractivity contribution in [3.05, 3.63) is 55.7 Å². The molecule has 2 aromatic rings. The van der Waals surface area contributed by atoms with Crippen molar-refractivity contribution in [2.75, 3.05) is 0 Å². The zero-order chi connectivity index (χ0) is 14.8. The molecule has 0 bridgehead atoms. The summed E-state index contributed by atoms with van der Waals surface area (Å²) in [7, 11) is 0. The van der Waals surface area contributed by atoms with E-state index in [0.29, 0.717) is 11.4 Å². The van der Waals surface area contributed by atoms with Gasteiger partial charge in [-0.2, -0.15) is 0 Å². The van der Waals surface area contributed by atoms with E-state index in [1.807, 2.05) is 25.1 Å². The molecule has 1 nitrogen and oxygen atoms in total. The topological polar surface area (TPSA) is 17.1 Å². The third-order valence-electron chi connectivity index (χ3n) is 4.08. The first-order valence-electron chi connectivity index (χ1n) is 7.53. The van der Waals surface area contributed by atoms with E-state index in [2.05, 4.69) is 6.07 Å². The van der Waals surface area contributed by atoms with E-state index >= 15 is 0 Å². The Morgan fingerprint density at radius 3 is 2.81 bits per heavy atom. The molecular weight excluding hydrogens is 300 g/mol. The number of ketones is 1. The van der Waals surface area contributed by atoms with Crippen molar-refractivity contribution < 1.29 is 4.79 Å². The van der Waals surface area contributed by atoms with Crippen molar-refractivity contribution in [1.29, 1.82) is 0 Å². The van der Waals surface area contributed by atoms with Crippen molar-refractivity contribution in [1.82, 2.24) is 0 Å². The molecule has 3 heteroatoms. The number of aryl methyl sites for hydroxylation is 3. The zero-order valence-corrected chi connectivity index (χ0v) is 13.8. The number of halogens is 1. The first kappa shape index (κ1) is 14.8. The highest BCUT2D eigenvalue weighted by Crippen LogP contribution is 2.30. The number of Topliss-reactive ketones (excluding diaryl/α,β-unsaturated/α-hetero) is 1. The van der Waals surface area contributed by atoms with E-state index in [4.69, 9.17) is 11.6 Å². The van der Waals surface area contributed by atoms with Gasteiger partial charge in [0.1, 0.15) is 0 Å². The number of hydrogen-bond acceptors (Lipinski definition) is 2. The largest absolute Gasteiger partial charge is 0.293 e. The summed E-state index contributed by atoms with van der Waals surface area (Å²) in [5.74, 6) is 0.193. The predicted octanol–water partition coefficient (Wildman–Crippen LogP) is 5.40. The average Bonchev–Trinajstić information content (AvgIpc) is 2.73. The minimum absolute atomic E-state index is 0.193. The predicted molar refractivity (Wildman–Crippen MR) is 89.8 cm³/mol. The highest BCUT2D eigenvalue weighted by Gasteiger charge is 2.17. The van der Waals surface area contributed by atoms with Gasteiger partial charge >= 0.3 is 0 Å². The molecule has 1 aromatic carbocycles. The van der Waals surface area contributed by atoms with Crippen LogP contribution < -0.4 is 0 Å². The lowest BCUT2D eigenvalue weighted by molar-refractivity contribution is 0.0997. The van der Waals surface area contributed by atoms with Gasteiger partial charge in [0.2, 0.25) is 0 Å².